The average Bonchev–Trinajstić information content (AvgIpc) is 3.27. The van der Waals surface area contributed by atoms with Crippen LogP contribution in [-0.2, 0) is 13.0 Å². The molecule has 0 saturated heterocycles. The fourth-order valence-electron chi connectivity index (χ4n) is 4.74. The summed E-state index contributed by atoms with van der Waals surface area (Å²) in [5.41, 5.74) is 6.26. The summed E-state index contributed by atoms with van der Waals surface area (Å²) in [5, 5.41) is 2.98. The first kappa shape index (κ1) is 22.2. The van der Waals surface area contributed by atoms with Gasteiger partial charge in [0.25, 0.3) is 0 Å². The van der Waals surface area contributed by atoms with Gasteiger partial charge < -0.3 is 4.57 Å². The summed E-state index contributed by atoms with van der Waals surface area (Å²) in [6.07, 6.45) is 7.76. The highest BCUT2D eigenvalue weighted by Gasteiger charge is 2.16. The molecular weight excluding hydrogens is 444 g/mol. The zero-order chi connectivity index (χ0) is 22.5. The van der Waals surface area contributed by atoms with E-state index in [0.29, 0.717) is 0 Å². The van der Waals surface area contributed by atoms with Crippen LogP contribution in [0.1, 0.15) is 49.1 Å². The fourth-order valence-corrected chi connectivity index (χ4v) is 5.82. The molecule has 1 aliphatic rings. The molecule has 0 unspecified atom stereocenters. The van der Waals surface area contributed by atoms with Crippen LogP contribution in [0.5, 0.6) is 0 Å². The van der Waals surface area contributed by atoms with E-state index in [1.54, 1.807) is 11.3 Å². The molecule has 2 nitrogen and oxygen atoms in total. The molecule has 0 amide bonds. The molecular formula is C29H29ClN2S. The average molecular weight is 473 g/mol. The van der Waals surface area contributed by atoms with Crippen molar-refractivity contribution in [2.45, 2.75) is 51.0 Å². The van der Waals surface area contributed by atoms with Gasteiger partial charge in [-0.2, -0.15) is 0 Å². The number of nitrogens with zero attached hydrogens (tertiary/aromatic N) is 2. The lowest BCUT2D eigenvalue weighted by Gasteiger charge is -2.22. The van der Waals surface area contributed by atoms with Gasteiger partial charge in [-0.1, -0.05) is 85.5 Å². The standard InChI is InChI=1S/C29H29ClN2S/c30-26-15-17-27(18-16-26)31-29-32(20-19-22-7-3-1-4-8-22)28(21-33-29)25-13-11-24(12-14-25)23-9-5-2-6-10-23/h1,3-4,7-8,11-18,21,23H,2,5-6,9-10,19-20H2. The number of aryl methyl sites for hydroxylation is 1. The Kier molecular flexibility index (Phi) is 7.09. The predicted octanol–water partition coefficient (Wildman–Crippen LogP) is 8.39. The molecule has 5 rings (SSSR count). The normalized spacial score (nSPS) is 15.1. The molecule has 168 valence electrons. The lowest BCUT2D eigenvalue weighted by Crippen LogP contribution is -2.17. The molecule has 0 N–H and O–H groups in total. The van der Waals surface area contributed by atoms with Crippen LogP contribution in [0.4, 0.5) is 5.69 Å². The van der Waals surface area contributed by atoms with Crippen LogP contribution in [0.3, 0.4) is 0 Å². The van der Waals surface area contributed by atoms with E-state index in [9.17, 15) is 0 Å². The monoisotopic (exact) mass is 472 g/mol. The summed E-state index contributed by atoms with van der Waals surface area (Å²) in [6, 6.07) is 27.7. The number of benzene rings is 3. The molecule has 4 heteroatoms. The smallest absolute Gasteiger partial charge is 0.190 e. The molecule has 0 radical (unpaired) electrons. The van der Waals surface area contributed by atoms with E-state index < -0.39 is 0 Å². The van der Waals surface area contributed by atoms with Crippen LogP contribution in [0, 0.1) is 0 Å². The molecule has 1 heterocycles. The van der Waals surface area contributed by atoms with Gasteiger partial charge in [-0.15, -0.1) is 11.3 Å². The van der Waals surface area contributed by atoms with Crippen LogP contribution in [0.2, 0.25) is 5.02 Å². The van der Waals surface area contributed by atoms with Gasteiger partial charge in [0.1, 0.15) is 0 Å². The Balaban J connectivity index is 1.48. The maximum Gasteiger partial charge on any atom is 0.190 e. The number of hydrogen-bond acceptors (Lipinski definition) is 2. The minimum atomic E-state index is 0.732. The zero-order valence-electron chi connectivity index (χ0n) is 18.8. The van der Waals surface area contributed by atoms with Crippen LogP contribution >= 0.6 is 22.9 Å². The number of rotatable bonds is 6. The quantitative estimate of drug-likeness (QED) is 0.268. The van der Waals surface area contributed by atoms with Crippen molar-refractivity contribution in [1.29, 1.82) is 0 Å². The third-order valence-corrected chi connectivity index (χ3v) is 7.71. The largest absolute Gasteiger partial charge is 0.316 e. The summed E-state index contributed by atoms with van der Waals surface area (Å²) in [5.74, 6) is 0.732. The Hall–Kier alpha value is -2.62. The SMILES string of the molecule is Clc1ccc(N=c2scc(-c3ccc(C4CCCCC4)cc3)n2CCc2ccccc2)cc1. The first-order valence-corrected chi connectivity index (χ1v) is 13.1. The summed E-state index contributed by atoms with van der Waals surface area (Å²) >= 11 is 7.77. The Morgan fingerprint density at radius 2 is 1.58 bits per heavy atom. The highest BCUT2D eigenvalue weighted by molar-refractivity contribution is 7.07. The highest BCUT2D eigenvalue weighted by Crippen LogP contribution is 2.33. The molecule has 33 heavy (non-hydrogen) atoms. The molecule has 1 fully saturated rings. The lowest BCUT2D eigenvalue weighted by molar-refractivity contribution is 0.443. The Morgan fingerprint density at radius 3 is 2.30 bits per heavy atom. The molecule has 1 aromatic heterocycles. The third-order valence-electron chi connectivity index (χ3n) is 6.60. The summed E-state index contributed by atoms with van der Waals surface area (Å²) in [4.78, 5) is 5.97. The van der Waals surface area contributed by atoms with Gasteiger partial charge in [-0.05, 0) is 66.1 Å². The summed E-state index contributed by atoms with van der Waals surface area (Å²) in [6.45, 7) is 0.889. The van der Waals surface area contributed by atoms with Crippen molar-refractivity contribution in [1.82, 2.24) is 4.57 Å². The van der Waals surface area contributed by atoms with E-state index in [4.69, 9.17) is 16.6 Å². The van der Waals surface area contributed by atoms with Crippen molar-refractivity contribution in [3.63, 3.8) is 0 Å². The van der Waals surface area contributed by atoms with E-state index in [0.717, 1.165) is 34.4 Å². The van der Waals surface area contributed by atoms with Crippen molar-refractivity contribution in [3.05, 3.63) is 105 Å². The maximum absolute atomic E-state index is 6.07. The van der Waals surface area contributed by atoms with Gasteiger partial charge in [-0.25, -0.2) is 4.99 Å². The molecule has 0 bridgehead atoms. The van der Waals surface area contributed by atoms with Crippen molar-refractivity contribution < 1.29 is 0 Å². The molecule has 4 aromatic rings. The van der Waals surface area contributed by atoms with Crippen molar-refractivity contribution >= 4 is 28.6 Å². The Bertz CT molecular complexity index is 1230. The predicted molar refractivity (Wildman–Crippen MR) is 140 cm³/mol. The fraction of sp³-hybridized carbons (Fsp3) is 0.276. The molecule has 1 saturated carbocycles. The van der Waals surface area contributed by atoms with Crippen molar-refractivity contribution in [3.8, 4) is 11.3 Å². The van der Waals surface area contributed by atoms with Crippen molar-refractivity contribution in [2.24, 2.45) is 4.99 Å². The first-order valence-electron chi connectivity index (χ1n) is 11.9. The Morgan fingerprint density at radius 1 is 0.848 bits per heavy atom. The van der Waals surface area contributed by atoms with Gasteiger partial charge in [-0.3, -0.25) is 0 Å². The second-order valence-corrected chi connectivity index (χ2v) is 10.1. The molecule has 1 aliphatic carbocycles. The minimum Gasteiger partial charge on any atom is -0.316 e. The van der Waals surface area contributed by atoms with Gasteiger partial charge >= 0.3 is 0 Å². The van der Waals surface area contributed by atoms with Crippen LogP contribution < -0.4 is 4.80 Å². The van der Waals surface area contributed by atoms with E-state index in [-0.39, 0.29) is 0 Å². The zero-order valence-corrected chi connectivity index (χ0v) is 20.4. The van der Waals surface area contributed by atoms with Gasteiger partial charge in [0.15, 0.2) is 4.80 Å². The minimum absolute atomic E-state index is 0.732. The summed E-state index contributed by atoms with van der Waals surface area (Å²) < 4.78 is 2.36. The Labute approximate surface area is 205 Å². The van der Waals surface area contributed by atoms with E-state index in [2.05, 4.69) is 64.5 Å². The van der Waals surface area contributed by atoms with Crippen LogP contribution in [-0.4, -0.2) is 4.57 Å². The number of halogens is 1. The van der Waals surface area contributed by atoms with Crippen LogP contribution in [0.25, 0.3) is 11.3 Å². The number of thiazole rings is 1. The van der Waals surface area contributed by atoms with E-state index in [1.807, 2.05) is 24.3 Å². The second-order valence-electron chi connectivity index (χ2n) is 8.84. The van der Waals surface area contributed by atoms with Gasteiger partial charge in [0.2, 0.25) is 0 Å². The molecule has 3 aromatic carbocycles. The topological polar surface area (TPSA) is 17.3 Å². The maximum atomic E-state index is 6.07. The lowest BCUT2D eigenvalue weighted by atomic mass is 9.84. The first-order chi connectivity index (χ1) is 16.3. The molecule has 0 spiro atoms. The van der Waals surface area contributed by atoms with Crippen molar-refractivity contribution in [2.75, 3.05) is 0 Å². The molecule has 0 aliphatic heterocycles. The van der Waals surface area contributed by atoms with E-state index >= 15 is 0 Å². The summed E-state index contributed by atoms with van der Waals surface area (Å²) in [7, 11) is 0. The second kappa shape index (κ2) is 10.5. The highest BCUT2D eigenvalue weighted by atomic mass is 35.5. The third kappa shape index (κ3) is 5.48. The van der Waals surface area contributed by atoms with Crippen LogP contribution in [0.15, 0.2) is 89.2 Å². The van der Waals surface area contributed by atoms with Gasteiger partial charge in [0.05, 0.1) is 11.4 Å². The molecule has 0 atom stereocenters. The van der Waals surface area contributed by atoms with Gasteiger partial charge in [0, 0.05) is 16.9 Å². The number of aromatic nitrogens is 1. The number of hydrogen-bond donors (Lipinski definition) is 0. The van der Waals surface area contributed by atoms with E-state index in [1.165, 1.54) is 54.5 Å².